The van der Waals surface area contributed by atoms with E-state index in [9.17, 15) is 0 Å². The molecule has 0 saturated heterocycles. The molecule has 2 N–H and O–H groups in total. The number of guanidine groups is 1. The van der Waals surface area contributed by atoms with Gasteiger partial charge in [0.1, 0.15) is 12.3 Å². The van der Waals surface area contributed by atoms with E-state index in [1.54, 1.807) is 6.20 Å². The van der Waals surface area contributed by atoms with E-state index in [2.05, 4.69) is 41.4 Å². The van der Waals surface area contributed by atoms with Crippen LogP contribution in [0, 0.1) is 0 Å². The molecule has 0 atom stereocenters. The molecule has 1 heterocycles. The molecule has 0 aliphatic heterocycles. The minimum Gasteiger partial charge on any atom is -0.443 e. The number of nitrogens with one attached hydrogen (secondary N) is 2. The first-order valence-electron chi connectivity index (χ1n) is 6.44. The summed E-state index contributed by atoms with van der Waals surface area (Å²) >= 11 is 0. The van der Waals surface area contributed by atoms with Gasteiger partial charge in [-0.2, -0.15) is 0 Å². The number of aromatic nitrogens is 1. The Kier molecular flexibility index (Phi) is 5.19. The van der Waals surface area contributed by atoms with Crippen molar-refractivity contribution in [1.82, 2.24) is 15.6 Å². The van der Waals surface area contributed by atoms with E-state index in [1.807, 2.05) is 13.8 Å². The summed E-state index contributed by atoms with van der Waals surface area (Å²) in [4.78, 5) is 8.65. The van der Waals surface area contributed by atoms with Crippen LogP contribution in [0.4, 0.5) is 0 Å². The Bertz CT molecular complexity index is 382. The molecule has 0 bridgehead atoms. The molecular weight excluding hydrogens is 228 g/mol. The highest BCUT2D eigenvalue weighted by Crippen LogP contribution is 2.22. The first-order chi connectivity index (χ1) is 8.47. The molecule has 1 rings (SSSR count). The molecule has 0 saturated carbocycles. The Labute approximate surface area is 109 Å². The average Bonchev–Trinajstić information content (AvgIpc) is 2.75. The van der Waals surface area contributed by atoms with Crippen LogP contribution < -0.4 is 10.6 Å². The van der Waals surface area contributed by atoms with Gasteiger partial charge in [0.2, 0.25) is 5.89 Å². The molecule has 0 aliphatic carbocycles. The van der Waals surface area contributed by atoms with Crippen molar-refractivity contribution in [2.75, 3.05) is 13.1 Å². The van der Waals surface area contributed by atoms with Crippen molar-refractivity contribution in [2.45, 2.75) is 46.6 Å². The number of nitrogens with zero attached hydrogens (tertiary/aromatic N) is 2. The third-order valence-electron chi connectivity index (χ3n) is 2.35. The number of aliphatic imine (C=N–C) groups is 1. The van der Waals surface area contributed by atoms with Gasteiger partial charge < -0.3 is 15.1 Å². The molecule has 0 aliphatic rings. The molecule has 0 unspecified atom stereocenters. The van der Waals surface area contributed by atoms with E-state index in [0.717, 1.165) is 24.8 Å². The molecule has 5 nitrogen and oxygen atoms in total. The van der Waals surface area contributed by atoms with Gasteiger partial charge in [-0.25, -0.2) is 9.98 Å². The molecule has 0 spiro atoms. The van der Waals surface area contributed by atoms with E-state index < -0.39 is 0 Å². The second-order valence-corrected chi connectivity index (χ2v) is 5.09. The van der Waals surface area contributed by atoms with Crippen LogP contribution in [0.25, 0.3) is 0 Å². The molecule has 0 radical (unpaired) electrons. The monoisotopic (exact) mass is 252 g/mol. The lowest BCUT2D eigenvalue weighted by molar-refractivity contribution is 0.383. The average molecular weight is 252 g/mol. The summed E-state index contributed by atoms with van der Waals surface area (Å²) in [6.45, 7) is 12.5. The van der Waals surface area contributed by atoms with Gasteiger partial charge in [0.25, 0.3) is 0 Å². The molecule has 0 aromatic carbocycles. The molecule has 1 aromatic rings. The smallest absolute Gasteiger partial charge is 0.216 e. The Morgan fingerprint density at radius 1 is 1.28 bits per heavy atom. The fraction of sp³-hybridized carbons (Fsp3) is 0.692. The summed E-state index contributed by atoms with van der Waals surface area (Å²) in [5.74, 6) is 2.32. The van der Waals surface area contributed by atoms with Crippen molar-refractivity contribution in [3.63, 3.8) is 0 Å². The topological polar surface area (TPSA) is 62.5 Å². The zero-order valence-corrected chi connectivity index (χ0v) is 12.0. The van der Waals surface area contributed by atoms with Crippen molar-refractivity contribution < 1.29 is 4.42 Å². The number of oxazole rings is 1. The van der Waals surface area contributed by atoms with Gasteiger partial charge in [-0.1, -0.05) is 20.8 Å². The van der Waals surface area contributed by atoms with Gasteiger partial charge in [-0.15, -0.1) is 0 Å². The highest BCUT2D eigenvalue weighted by molar-refractivity contribution is 5.79. The standard InChI is InChI=1S/C13H24N4O/c1-6-14-12(15-7-2)17-9-11-16-8-10(18-11)13(3,4)5/h8H,6-7,9H2,1-5H3,(H2,14,15,17). The lowest BCUT2D eigenvalue weighted by atomic mass is 9.94. The molecular formula is C13H24N4O. The van der Waals surface area contributed by atoms with Crippen molar-refractivity contribution in [3.05, 3.63) is 17.8 Å². The predicted octanol–water partition coefficient (Wildman–Crippen LogP) is 2.05. The second kappa shape index (κ2) is 6.42. The van der Waals surface area contributed by atoms with Crippen molar-refractivity contribution in [2.24, 2.45) is 4.99 Å². The summed E-state index contributed by atoms with van der Waals surface area (Å²) in [6.07, 6.45) is 1.78. The maximum atomic E-state index is 5.68. The number of hydrogen-bond donors (Lipinski definition) is 2. The summed E-state index contributed by atoms with van der Waals surface area (Å²) in [7, 11) is 0. The number of rotatable bonds is 4. The predicted molar refractivity (Wildman–Crippen MR) is 73.7 cm³/mol. The minimum absolute atomic E-state index is 0.0128. The van der Waals surface area contributed by atoms with E-state index in [4.69, 9.17) is 4.42 Å². The summed E-state index contributed by atoms with van der Waals surface area (Å²) in [5, 5.41) is 6.32. The van der Waals surface area contributed by atoms with E-state index in [1.165, 1.54) is 0 Å². The summed E-state index contributed by atoms with van der Waals surface area (Å²) < 4.78 is 5.68. The summed E-state index contributed by atoms with van der Waals surface area (Å²) in [6, 6.07) is 0. The van der Waals surface area contributed by atoms with Gasteiger partial charge in [0.15, 0.2) is 5.96 Å². The third kappa shape index (κ3) is 4.39. The van der Waals surface area contributed by atoms with Gasteiger partial charge in [0.05, 0.1) is 6.20 Å². The lowest BCUT2D eigenvalue weighted by Crippen LogP contribution is -2.36. The zero-order valence-electron chi connectivity index (χ0n) is 12.0. The van der Waals surface area contributed by atoms with Gasteiger partial charge in [-0.3, -0.25) is 0 Å². The summed E-state index contributed by atoms with van der Waals surface area (Å²) in [5.41, 5.74) is -0.0128. The van der Waals surface area contributed by atoms with Crippen molar-refractivity contribution in [3.8, 4) is 0 Å². The SMILES string of the molecule is CCNC(=NCc1ncc(C(C)(C)C)o1)NCC. The Hall–Kier alpha value is -1.52. The van der Waals surface area contributed by atoms with Crippen LogP contribution >= 0.6 is 0 Å². The van der Waals surface area contributed by atoms with Gasteiger partial charge >= 0.3 is 0 Å². The minimum atomic E-state index is -0.0128. The molecule has 18 heavy (non-hydrogen) atoms. The molecule has 0 amide bonds. The first-order valence-corrected chi connectivity index (χ1v) is 6.44. The van der Waals surface area contributed by atoms with Crippen LogP contribution in [0.1, 0.15) is 46.3 Å². The molecule has 1 aromatic heterocycles. The normalized spacial score (nSPS) is 11.2. The highest BCUT2D eigenvalue weighted by atomic mass is 16.4. The fourth-order valence-corrected chi connectivity index (χ4v) is 1.39. The van der Waals surface area contributed by atoms with E-state index in [-0.39, 0.29) is 5.41 Å². The molecule has 5 heteroatoms. The van der Waals surface area contributed by atoms with Gasteiger partial charge in [-0.05, 0) is 13.8 Å². The maximum absolute atomic E-state index is 5.68. The lowest BCUT2D eigenvalue weighted by Gasteiger charge is -2.13. The molecule has 0 fully saturated rings. The third-order valence-corrected chi connectivity index (χ3v) is 2.35. The van der Waals surface area contributed by atoms with Crippen LogP contribution in [0.15, 0.2) is 15.6 Å². The highest BCUT2D eigenvalue weighted by Gasteiger charge is 2.18. The first kappa shape index (κ1) is 14.5. The van der Waals surface area contributed by atoms with E-state index >= 15 is 0 Å². The van der Waals surface area contributed by atoms with Crippen LogP contribution in [0.3, 0.4) is 0 Å². The maximum Gasteiger partial charge on any atom is 0.216 e. The number of hydrogen-bond acceptors (Lipinski definition) is 3. The quantitative estimate of drug-likeness (QED) is 0.636. The fourth-order valence-electron chi connectivity index (χ4n) is 1.39. The molecule has 102 valence electrons. The van der Waals surface area contributed by atoms with E-state index in [0.29, 0.717) is 12.4 Å². The van der Waals surface area contributed by atoms with Crippen LogP contribution in [0.5, 0.6) is 0 Å². The zero-order chi connectivity index (χ0) is 13.6. The van der Waals surface area contributed by atoms with Crippen molar-refractivity contribution >= 4 is 5.96 Å². The van der Waals surface area contributed by atoms with Crippen LogP contribution in [0.2, 0.25) is 0 Å². The Morgan fingerprint density at radius 3 is 2.33 bits per heavy atom. The Morgan fingerprint density at radius 2 is 1.89 bits per heavy atom. The van der Waals surface area contributed by atoms with Crippen molar-refractivity contribution in [1.29, 1.82) is 0 Å². The largest absolute Gasteiger partial charge is 0.443 e. The van der Waals surface area contributed by atoms with Crippen LogP contribution in [-0.4, -0.2) is 24.0 Å². The van der Waals surface area contributed by atoms with Gasteiger partial charge in [0, 0.05) is 18.5 Å². The second-order valence-electron chi connectivity index (χ2n) is 5.09. The Balaban J connectivity index is 2.66. The van der Waals surface area contributed by atoms with Crippen LogP contribution in [-0.2, 0) is 12.0 Å².